The van der Waals surface area contributed by atoms with Crippen LogP contribution in [0.5, 0.6) is 0 Å². The maximum absolute atomic E-state index is 8.92. The lowest BCUT2D eigenvalue weighted by atomic mass is 9.81. The molecular formula is C10H16BNO4. The average Bonchev–Trinajstić information content (AvgIpc) is 2.26. The lowest BCUT2D eigenvalue weighted by Crippen LogP contribution is -2.32. The first-order chi connectivity index (χ1) is 7.47. The highest BCUT2D eigenvalue weighted by molar-refractivity contribution is 6.58. The second-order valence-electron chi connectivity index (χ2n) is 3.91. The third kappa shape index (κ3) is 3.28. The Morgan fingerprint density at radius 3 is 2.50 bits per heavy atom. The molecule has 0 radical (unpaired) electrons. The van der Waals surface area contributed by atoms with Crippen LogP contribution in [0.4, 0.5) is 0 Å². The zero-order valence-electron chi connectivity index (χ0n) is 9.67. The van der Waals surface area contributed by atoms with E-state index < -0.39 is 12.7 Å². The van der Waals surface area contributed by atoms with E-state index in [-0.39, 0.29) is 6.79 Å². The van der Waals surface area contributed by atoms with Crippen LogP contribution >= 0.6 is 0 Å². The molecule has 1 aromatic heterocycles. The summed E-state index contributed by atoms with van der Waals surface area (Å²) < 4.78 is 10.3. The van der Waals surface area contributed by atoms with Crippen LogP contribution in [0.3, 0.4) is 0 Å². The van der Waals surface area contributed by atoms with Gasteiger partial charge in [0.15, 0.2) is 0 Å². The highest BCUT2D eigenvalue weighted by Crippen LogP contribution is 2.21. The molecule has 0 fully saturated rings. The molecule has 0 bridgehead atoms. The summed E-state index contributed by atoms with van der Waals surface area (Å²) in [5.41, 5.74) is 0.481. The molecule has 1 aromatic rings. The van der Waals surface area contributed by atoms with Crippen molar-refractivity contribution in [2.24, 2.45) is 0 Å². The lowest BCUT2D eigenvalue weighted by molar-refractivity contribution is -0.120. The molecule has 1 rings (SSSR count). The van der Waals surface area contributed by atoms with Gasteiger partial charge in [-0.25, -0.2) is 0 Å². The van der Waals surface area contributed by atoms with Gasteiger partial charge >= 0.3 is 7.12 Å². The average molecular weight is 225 g/mol. The fourth-order valence-electron chi connectivity index (χ4n) is 1.19. The van der Waals surface area contributed by atoms with Crippen LogP contribution in [0.25, 0.3) is 0 Å². The smallest absolute Gasteiger partial charge is 0.423 e. The second kappa shape index (κ2) is 5.40. The van der Waals surface area contributed by atoms with Gasteiger partial charge in [-0.3, -0.25) is 4.98 Å². The fourth-order valence-corrected chi connectivity index (χ4v) is 1.19. The molecule has 0 spiro atoms. The van der Waals surface area contributed by atoms with E-state index in [0.717, 1.165) is 0 Å². The summed E-state index contributed by atoms with van der Waals surface area (Å²) in [5.74, 6) is 0. The Bertz CT molecular complexity index is 326. The highest BCUT2D eigenvalue weighted by Gasteiger charge is 2.23. The first-order valence-corrected chi connectivity index (χ1v) is 4.93. The Morgan fingerprint density at radius 1 is 1.38 bits per heavy atom. The Morgan fingerprint density at radius 2 is 2.06 bits per heavy atom. The highest BCUT2D eigenvalue weighted by atomic mass is 16.7. The molecule has 0 atom stereocenters. The maximum atomic E-state index is 8.92. The van der Waals surface area contributed by atoms with E-state index in [2.05, 4.69) is 4.98 Å². The van der Waals surface area contributed by atoms with Gasteiger partial charge in [0, 0.05) is 18.8 Å². The van der Waals surface area contributed by atoms with Crippen molar-refractivity contribution in [1.29, 1.82) is 0 Å². The van der Waals surface area contributed by atoms with Crippen molar-refractivity contribution < 1.29 is 19.5 Å². The van der Waals surface area contributed by atoms with E-state index in [1.54, 1.807) is 19.2 Å². The van der Waals surface area contributed by atoms with Crippen LogP contribution < -0.4 is 5.46 Å². The molecule has 0 amide bonds. The number of ether oxygens (including phenoxy) is 2. The zero-order valence-corrected chi connectivity index (χ0v) is 9.67. The molecule has 6 heteroatoms. The topological polar surface area (TPSA) is 71.8 Å². The minimum absolute atomic E-state index is 0.180. The van der Waals surface area contributed by atoms with Crippen molar-refractivity contribution in [3.63, 3.8) is 0 Å². The lowest BCUT2D eigenvalue weighted by Gasteiger charge is -2.24. The van der Waals surface area contributed by atoms with E-state index in [9.17, 15) is 0 Å². The summed E-state index contributed by atoms with van der Waals surface area (Å²) in [7, 11) is 0.0545. The molecule has 0 aliphatic carbocycles. The van der Waals surface area contributed by atoms with Gasteiger partial charge in [0.25, 0.3) is 0 Å². The second-order valence-corrected chi connectivity index (χ2v) is 3.91. The van der Waals surface area contributed by atoms with E-state index >= 15 is 0 Å². The number of hydrogen-bond acceptors (Lipinski definition) is 5. The number of rotatable bonds is 5. The van der Waals surface area contributed by atoms with Crippen LogP contribution in [-0.2, 0) is 15.1 Å². The zero-order chi connectivity index (χ0) is 12.2. The predicted molar refractivity (Wildman–Crippen MR) is 60.0 cm³/mol. The number of nitrogens with zero attached hydrogens (tertiary/aromatic N) is 1. The molecule has 88 valence electrons. The van der Waals surface area contributed by atoms with Gasteiger partial charge in [-0.2, -0.15) is 0 Å². The maximum Gasteiger partial charge on any atom is 0.490 e. The quantitative estimate of drug-likeness (QED) is 0.527. The van der Waals surface area contributed by atoms with E-state index in [0.29, 0.717) is 11.2 Å². The minimum atomic E-state index is -1.50. The van der Waals surface area contributed by atoms with Gasteiger partial charge in [0.1, 0.15) is 12.4 Å². The third-order valence-corrected chi connectivity index (χ3v) is 2.24. The molecule has 0 aliphatic heterocycles. The Hall–Kier alpha value is -0.945. The van der Waals surface area contributed by atoms with E-state index in [4.69, 9.17) is 19.5 Å². The van der Waals surface area contributed by atoms with Gasteiger partial charge < -0.3 is 19.5 Å². The number of pyridine rings is 1. The standard InChI is InChI=1S/C10H16BNO4/c1-10(2,16-7-15-3)9-5-4-8(6-12-9)11(13)14/h4-6,13-14H,7H2,1-3H3. The Labute approximate surface area is 95.2 Å². The largest absolute Gasteiger partial charge is 0.490 e. The summed E-state index contributed by atoms with van der Waals surface area (Å²) in [6, 6.07) is 3.30. The van der Waals surface area contributed by atoms with Crippen molar-refractivity contribution in [3.8, 4) is 0 Å². The number of aromatic nitrogens is 1. The molecule has 5 nitrogen and oxygen atoms in total. The van der Waals surface area contributed by atoms with Crippen LogP contribution in [0, 0.1) is 0 Å². The van der Waals surface area contributed by atoms with Crippen molar-refractivity contribution in [3.05, 3.63) is 24.0 Å². The fraction of sp³-hybridized carbons (Fsp3) is 0.500. The Balaban J connectivity index is 2.79. The molecule has 0 unspecified atom stereocenters. The SMILES string of the molecule is COCOC(C)(C)c1ccc(B(O)O)cn1. The normalized spacial score (nSPS) is 11.6. The van der Waals surface area contributed by atoms with E-state index in [1.807, 2.05) is 13.8 Å². The molecular weight excluding hydrogens is 209 g/mol. The predicted octanol–water partition coefficient (Wildman–Crippen LogP) is -0.383. The van der Waals surface area contributed by atoms with Crippen LogP contribution in [-0.4, -0.2) is 36.1 Å². The number of methoxy groups -OCH3 is 1. The van der Waals surface area contributed by atoms with Crippen molar-refractivity contribution >= 4 is 12.6 Å². The summed E-state index contributed by atoms with van der Waals surface area (Å²) >= 11 is 0. The van der Waals surface area contributed by atoms with Gasteiger partial charge in [-0.1, -0.05) is 6.07 Å². The monoisotopic (exact) mass is 225 g/mol. The summed E-state index contributed by atoms with van der Waals surface area (Å²) in [6.45, 7) is 3.91. The first-order valence-electron chi connectivity index (χ1n) is 4.93. The molecule has 0 saturated carbocycles. The van der Waals surface area contributed by atoms with Crippen molar-refractivity contribution in [2.45, 2.75) is 19.4 Å². The summed E-state index contributed by atoms with van der Waals surface area (Å²) in [4.78, 5) is 4.12. The third-order valence-electron chi connectivity index (χ3n) is 2.24. The van der Waals surface area contributed by atoms with Gasteiger partial charge in [0.2, 0.25) is 0 Å². The molecule has 0 saturated heterocycles. The van der Waals surface area contributed by atoms with Crippen LogP contribution in [0.2, 0.25) is 0 Å². The van der Waals surface area contributed by atoms with Crippen molar-refractivity contribution in [2.75, 3.05) is 13.9 Å². The molecule has 16 heavy (non-hydrogen) atoms. The van der Waals surface area contributed by atoms with Gasteiger partial charge in [0.05, 0.1) is 5.69 Å². The molecule has 2 N–H and O–H groups in total. The van der Waals surface area contributed by atoms with Crippen LogP contribution in [0.1, 0.15) is 19.5 Å². The molecule has 0 aromatic carbocycles. The minimum Gasteiger partial charge on any atom is -0.423 e. The van der Waals surface area contributed by atoms with Crippen molar-refractivity contribution in [1.82, 2.24) is 4.98 Å². The molecule has 0 aliphatic rings. The molecule has 1 heterocycles. The Kier molecular flexibility index (Phi) is 4.43. The van der Waals surface area contributed by atoms with Crippen LogP contribution in [0.15, 0.2) is 18.3 Å². The number of hydrogen-bond donors (Lipinski definition) is 2. The van der Waals surface area contributed by atoms with E-state index in [1.165, 1.54) is 6.20 Å². The summed E-state index contributed by atoms with van der Waals surface area (Å²) in [6.07, 6.45) is 1.41. The first kappa shape index (κ1) is 13.1. The van der Waals surface area contributed by atoms with Gasteiger partial charge in [-0.15, -0.1) is 0 Å². The summed E-state index contributed by atoms with van der Waals surface area (Å²) in [5, 5.41) is 17.8. The van der Waals surface area contributed by atoms with Gasteiger partial charge in [-0.05, 0) is 19.9 Å².